The summed E-state index contributed by atoms with van der Waals surface area (Å²) in [7, 11) is 0. The van der Waals surface area contributed by atoms with Crippen LogP contribution < -0.4 is 10.2 Å². The van der Waals surface area contributed by atoms with Gasteiger partial charge in [0.2, 0.25) is 5.91 Å². The molecule has 1 atom stereocenters. The monoisotopic (exact) mass is 377 g/mol. The molecule has 2 heterocycles. The number of rotatable bonds is 6. The van der Waals surface area contributed by atoms with Crippen molar-refractivity contribution in [1.82, 2.24) is 10.3 Å². The van der Waals surface area contributed by atoms with Crippen molar-refractivity contribution in [3.63, 3.8) is 0 Å². The highest BCUT2D eigenvalue weighted by Gasteiger charge is 2.27. The number of fused-ring (bicyclic) bond motifs is 1. The van der Waals surface area contributed by atoms with E-state index in [1.54, 1.807) is 0 Å². The zero-order valence-corrected chi connectivity index (χ0v) is 16.3. The molecule has 0 bridgehead atoms. The van der Waals surface area contributed by atoms with Crippen molar-refractivity contribution in [2.75, 3.05) is 18.0 Å². The third-order valence-corrected chi connectivity index (χ3v) is 5.52. The maximum Gasteiger partial charge on any atom is 0.298 e. The lowest BCUT2D eigenvalue weighted by molar-refractivity contribution is -0.126. The molecule has 1 unspecified atom stereocenters. The van der Waals surface area contributed by atoms with Crippen LogP contribution in [0.2, 0.25) is 0 Å². The van der Waals surface area contributed by atoms with Crippen LogP contribution in [0.4, 0.5) is 6.01 Å². The Bertz CT molecular complexity index is 881. The molecule has 28 heavy (non-hydrogen) atoms. The average Bonchev–Trinajstić information content (AvgIpc) is 3.17. The second kappa shape index (κ2) is 8.46. The molecule has 1 aliphatic rings. The number of piperidine rings is 1. The predicted octanol–water partition coefficient (Wildman–Crippen LogP) is 4.18. The van der Waals surface area contributed by atoms with Gasteiger partial charge in [0.25, 0.3) is 6.01 Å². The minimum atomic E-state index is 0.0693. The number of carbonyl (C=O) groups excluding carboxylic acids is 1. The van der Waals surface area contributed by atoms with Crippen molar-refractivity contribution in [3.05, 3.63) is 60.2 Å². The normalized spacial score (nSPS) is 16.2. The minimum Gasteiger partial charge on any atom is -0.423 e. The number of para-hydroxylation sites is 2. The van der Waals surface area contributed by atoms with Gasteiger partial charge in [0.15, 0.2) is 5.58 Å². The topological polar surface area (TPSA) is 58.4 Å². The molecule has 1 N–H and O–H groups in total. The highest BCUT2D eigenvalue weighted by Crippen LogP contribution is 2.26. The lowest BCUT2D eigenvalue weighted by Crippen LogP contribution is -2.43. The summed E-state index contributed by atoms with van der Waals surface area (Å²) in [4.78, 5) is 19.3. The molecule has 1 fully saturated rings. The van der Waals surface area contributed by atoms with E-state index in [0.717, 1.165) is 49.9 Å². The highest BCUT2D eigenvalue weighted by atomic mass is 16.4. The lowest BCUT2D eigenvalue weighted by Gasteiger charge is -2.30. The number of anilines is 1. The van der Waals surface area contributed by atoms with Gasteiger partial charge in [-0.2, -0.15) is 4.98 Å². The maximum atomic E-state index is 12.6. The molecule has 0 saturated carbocycles. The Kier molecular flexibility index (Phi) is 5.60. The van der Waals surface area contributed by atoms with Gasteiger partial charge in [-0.25, -0.2) is 0 Å². The number of benzene rings is 2. The van der Waals surface area contributed by atoms with E-state index < -0.39 is 0 Å². The smallest absolute Gasteiger partial charge is 0.298 e. The van der Waals surface area contributed by atoms with Gasteiger partial charge in [-0.15, -0.1) is 0 Å². The molecule has 1 aliphatic heterocycles. The SMILES string of the molecule is CC(CCc1ccccc1)NC(=O)C1CCN(c2nc3ccccc3o2)CC1. The molecule has 2 aromatic carbocycles. The number of nitrogens with zero attached hydrogens (tertiary/aromatic N) is 2. The molecule has 0 radical (unpaired) electrons. The van der Waals surface area contributed by atoms with Crippen LogP contribution in [0.25, 0.3) is 11.1 Å². The lowest BCUT2D eigenvalue weighted by atomic mass is 9.95. The van der Waals surface area contributed by atoms with Crippen LogP contribution in [0, 0.1) is 5.92 Å². The molecule has 5 nitrogen and oxygen atoms in total. The summed E-state index contributed by atoms with van der Waals surface area (Å²) in [6, 6.07) is 19.1. The summed E-state index contributed by atoms with van der Waals surface area (Å²) in [6.45, 7) is 3.68. The fourth-order valence-electron chi connectivity index (χ4n) is 3.79. The summed E-state index contributed by atoms with van der Waals surface area (Å²) in [6.07, 6.45) is 3.60. The molecular weight excluding hydrogens is 350 g/mol. The van der Waals surface area contributed by atoms with Gasteiger partial charge in [0, 0.05) is 25.0 Å². The molecule has 0 aliphatic carbocycles. The molecule has 146 valence electrons. The molecule has 3 aromatic rings. The van der Waals surface area contributed by atoms with Gasteiger partial charge in [0.05, 0.1) is 0 Å². The van der Waals surface area contributed by atoms with Gasteiger partial charge in [-0.1, -0.05) is 42.5 Å². The summed E-state index contributed by atoms with van der Waals surface area (Å²) in [5.74, 6) is 0.248. The zero-order chi connectivity index (χ0) is 19.3. The first-order valence-electron chi connectivity index (χ1n) is 10.1. The first kappa shape index (κ1) is 18.5. The quantitative estimate of drug-likeness (QED) is 0.700. The number of amides is 1. The van der Waals surface area contributed by atoms with E-state index in [0.29, 0.717) is 6.01 Å². The molecule has 0 spiro atoms. The van der Waals surface area contributed by atoms with Crippen LogP contribution in [0.5, 0.6) is 0 Å². The Balaban J connectivity index is 1.25. The number of nitrogens with one attached hydrogen (secondary N) is 1. The average molecular weight is 377 g/mol. The van der Waals surface area contributed by atoms with Crippen LogP contribution in [0.15, 0.2) is 59.0 Å². The van der Waals surface area contributed by atoms with Crippen molar-refractivity contribution in [3.8, 4) is 0 Å². The van der Waals surface area contributed by atoms with E-state index in [-0.39, 0.29) is 17.9 Å². The third-order valence-electron chi connectivity index (χ3n) is 5.52. The van der Waals surface area contributed by atoms with Crippen molar-refractivity contribution in [1.29, 1.82) is 0 Å². The first-order chi connectivity index (χ1) is 13.7. The molecule has 1 aromatic heterocycles. The third kappa shape index (κ3) is 4.35. The number of oxazole rings is 1. The number of carbonyl (C=O) groups is 1. The minimum absolute atomic E-state index is 0.0693. The predicted molar refractivity (Wildman–Crippen MR) is 111 cm³/mol. The van der Waals surface area contributed by atoms with E-state index in [4.69, 9.17) is 4.42 Å². The van der Waals surface area contributed by atoms with Crippen LogP contribution in [0.1, 0.15) is 31.7 Å². The van der Waals surface area contributed by atoms with E-state index >= 15 is 0 Å². The van der Waals surface area contributed by atoms with Crippen molar-refractivity contribution < 1.29 is 9.21 Å². The first-order valence-corrected chi connectivity index (χ1v) is 10.1. The van der Waals surface area contributed by atoms with Gasteiger partial charge < -0.3 is 14.6 Å². The summed E-state index contributed by atoms with van der Waals surface area (Å²) < 4.78 is 5.86. The van der Waals surface area contributed by atoms with Gasteiger partial charge in [-0.3, -0.25) is 4.79 Å². The summed E-state index contributed by atoms with van der Waals surface area (Å²) in [5, 5.41) is 3.20. The molecule has 4 rings (SSSR count). The fraction of sp³-hybridized carbons (Fsp3) is 0.391. The van der Waals surface area contributed by atoms with E-state index in [2.05, 4.69) is 46.4 Å². The second-order valence-electron chi connectivity index (χ2n) is 7.66. The molecular formula is C23H27N3O2. The second-order valence-corrected chi connectivity index (χ2v) is 7.66. The number of hydrogen-bond donors (Lipinski definition) is 1. The molecule has 5 heteroatoms. The van der Waals surface area contributed by atoms with Crippen LogP contribution in [-0.2, 0) is 11.2 Å². The number of aryl methyl sites for hydroxylation is 1. The number of aromatic nitrogens is 1. The maximum absolute atomic E-state index is 12.6. The largest absolute Gasteiger partial charge is 0.423 e. The Hall–Kier alpha value is -2.82. The van der Waals surface area contributed by atoms with E-state index in [1.165, 1.54) is 5.56 Å². The van der Waals surface area contributed by atoms with E-state index in [1.807, 2.05) is 30.3 Å². The highest BCUT2D eigenvalue weighted by molar-refractivity contribution is 5.79. The summed E-state index contributed by atoms with van der Waals surface area (Å²) in [5.41, 5.74) is 3.00. The Morgan fingerprint density at radius 1 is 1.14 bits per heavy atom. The van der Waals surface area contributed by atoms with Crippen molar-refractivity contribution >= 4 is 23.0 Å². The Morgan fingerprint density at radius 2 is 1.86 bits per heavy atom. The number of hydrogen-bond acceptors (Lipinski definition) is 4. The summed E-state index contributed by atoms with van der Waals surface area (Å²) >= 11 is 0. The van der Waals surface area contributed by atoms with Gasteiger partial charge in [-0.05, 0) is 50.3 Å². The standard InChI is InChI=1S/C23H27N3O2/c1-17(11-12-18-7-3-2-4-8-18)24-22(27)19-13-15-26(16-14-19)23-25-20-9-5-6-10-21(20)28-23/h2-10,17,19H,11-16H2,1H3,(H,24,27). The van der Waals surface area contributed by atoms with Gasteiger partial charge in [0.1, 0.15) is 5.52 Å². The van der Waals surface area contributed by atoms with Crippen molar-refractivity contribution in [2.24, 2.45) is 5.92 Å². The zero-order valence-electron chi connectivity index (χ0n) is 16.3. The van der Waals surface area contributed by atoms with Crippen LogP contribution in [-0.4, -0.2) is 30.0 Å². The van der Waals surface area contributed by atoms with E-state index in [9.17, 15) is 4.79 Å². The molecule has 1 amide bonds. The van der Waals surface area contributed by atoms with Crippen LogP contribution in [0.3, 0.4) is 0 Å². The Labute approximate surface area is 165 Å². The fourth-order valence-corrected chi connectivity index (χ4v) is 3.79. The molecule has 1 saturated heterocycles. The van der Waals surface area contributed by atoms with Crippen LogP contribution >= 0.6 is 0 Å². The van der Waals surface area contributed by atoms with Crippen molar-refractivity contribution in [2.45, 2.75) is 38.6 Å². The van der Waals surface area contributed by atoms with Gasteiger partial charge >= 0.3 is 0 Å². The Morgan fingerprint density at radius 3 is 2.61 bits per heavy atom.